The summed E-state index contributed by atoms with van der Waals surface area (Å²) in [6, 6.07) is 17.8. The van der Waals surface area contributed by atoms with E-state index in [1.807, 2.05) is 29.2 Å². The van der Waals surface area contributed by atoms with Gasteiger partial charge < -0.3 is 9.64 Å². The Hall–Kier alpha value is -2.63. The molecule has 3 aromatic carbocycles. The van der Waals surface area contributed by atoms with Gasteiger partial charge in [0.25, 0.3) is 15.1 Å². The van der Waals surface area contributed by atoms with E-state index >= 15 is 0 Å². The van der Waals surface area contributed by atoms with Gasteiger partial charge in [-0.1, -0.05) is 59.0 Å². The lowest BCUT2D eigenvalue weighted by Crippen LogP contribution is -2.38. The van der Waals surface area contributed by atoms with Gasteiger partial charge in [-0.25, -0.2) is 0 Å². The van der Waals surface area contributed by atoms with Gasteiger partial charge in [0, 0.05) is 23.4 Å². The van der Waals surface area contributed by atoms with Gasteiger partial charge in [-0.05, 0) is 35.7 Å². The molecule has 0 aliphatic carbocycles. The van der Waals surface area contributed by atoms with Crippen LogP contribution in [0.1, 0.15) is 11.9 Å². The molecule has 36 heavy (non-hydrogen) atoms. The van der Waals surface area contributed by atoms with Crippen molar-refractivity contribution in [2.45, 2.75) is 18.4 Å². The van der Waals surface area contributed by atoms with Gasteiger partial charge in [0.15, 0.2) is 13.2 Å². The van der Waals surface area contributed by atoms with E-state index in [9.17, 15) is 17.8 Å². The summed E-state index contributed by atoms with van der Waals surface area (Å²) in [5.41, 5.74) is 1.84. The third-order valence-electron chi connectivity index (χ3n) is 5.75. The Morgan fingerprint density at radius 2 is 2.00 bits per heavy atom. The number of hydrogen-bond donors (Lipinski definition) is 1. The number of carbonyl (C=O) groups is 1. The van der Waals surface area contributed by atoms with Crippen LogP contribution in [0.5, 0.6) is 0 Å². The fourth-order valence-electron chi connectivity index (χ4n) is 4.21. The maximum Gasteiger partial charge on any atom is 0.302 e. The molecule has 186 valence electrons. The number of benzene rings is 3. The fourth-order valence-corrected chi connectivity index (χ4v) is 7.11. The van der Waals surface area contributed by atoms with Crippen molar-refractivity contribution in [3.63, 3.8) is 0 Å². The lowest BCUT2D eigenvalue weighted by molar-refractivity contribution is -0.669. The normalized spacial score (nSPS) is 14.6. The molecule has 7 nitrogen and oxygen atoms in total. The Morgan fingerprint density at radius 1 is 1.19 bits per heavy atom. The number of nitrogens with zero attached hydrogens (tertiary/aromatic N) is 2. The van der Waals surface area contributed by atoms with Gasteiger partial charge in [-0.2, -0.15) is 13.0 Å². The Kier molecular flexibility index (Phi) is 6.97. The van der Waals surface area contributed by atoms with Crippen molar-refractivity contribution in [1.82, 2.24) is 0 Å². The zero-order valence-electron chi connectivity index (χ0n) is 19.2. The van der Waals surface area contributed by atoms with Crippen LogP contribution in [0.2, 0.25) is 5.02 Å². The van der Waals surface area contributed by atoms with Gasteiger partial charge in [0.1, 0.15) is 4.70 Å². The second-order valence-electron chi connectivity index (χ2n) is 8.20. The average molecular weight is 562 g/mol. The Morgan fingerprint density at radius 3 is 2.78 bits per heavy atom. The molecule has 1 aliphatic rings. The molecule has 0 amide bonds. The molecule has 0 bridgehead atoms. The van der Waals surface area contributed by atoms with Crippen LogP contribution in [0.15, 0.2) is 64.5 Å². The topological polar surface area (TPSA) is 87.8 Å². The van der Waals surface area contributed by atoms with Crippen molar-refractivity contribution in [2.75, 3.05) is 23.8 Å². The SMILES string of the molecule is CC(=O)OCC[n+]1c(C=C2Sc3ccc(Cl)cc3N2CCS(=O)(=O)O)sc2ccc3ccccc3c21. The van der Waals surface area contributed by atoms with Crippen molar-refractivity contribution < 1.29 is 27.1 Å². The number of fused-ring (bicyclic) bond motifs is 4. The zero-order valence-corrected chi connectivity index (χ0v) is 22.4. The number of halogens is 1. The highest BCUT2D eigenvalue weighted by atomic mass is 35.5. The predicted molar refractivity (Wildman–Crippen MR) is 145 cm³/mol. The van der Waals surface area contributed by atoms with E-state index in [1.54, 1.807) is 23.5 Å². The minimum Gasteiger partial charge on any atom is -0.459 e. The Balaban J connectivity index is 1.64. The molecule has 0 saturated carbocycles. The van der Waals surface area contributed by atoms with Crippen molar-refractivity contribution in [2.24, 2.45) is 0 Å². The molecule has 0 unspecified atom stereocenters. The first kappa shape index (κ1) is 25.0. The van der Waals surface area contributed by atoms with Crippen LogP contribution >= 0.6 is 34.7 Å². The molecule has 5 rings (SSSR count). The second kappa shape index (κ2) is 10.0. The van der Waals surface area contributed by atoms with Crippen molar-refractivity contribution in [1.29, 1.82) is 0 Å². The highest BCUT2D eigenvalue weighted by molar-refractivity contribution is 8.04. The minimum absolute atomic E-state index is 0.0757. The van der Waals surface area contributed by atoms with E-state index in [1.165, 1.54) is 18.7 Å². The summed E-state index contributed by atoms with van der Waals surface area (Å²) in [5, 5.41) is 4.48. The van der Waals surface area contributed by atoms with Gasteiger partial charge in [0.05, 0.1) is 27.9 Å². The van der Waals surface area contributed by atoms with E-state index in [0.717, 1.165) is 41.6 Å². The smallest absolute Gasteiger partial charge is 0.302 e. The van der Waals surface area contributed by atoms with E-state index in [4.69, 9.17) is 16.3 Å². The molecule has 0 saturated heterocycles. The molecule has 0 fully saturated rings. The first-order valence-corrected chi connectivity index (χ1v) is 14.7. The average Bonchev–Trinajstić information content (AvgIpc) is 3.34. The summed E-state index contributed by atoms with van der Waals surface area (Å²) in [6.07, 6.45) is 2.01. The third kappa shape index (κ3) is 5.23. The quantitative estimate of drug-likeness (QED) is 0.185. The van der Waals surface area contributed by atoms with Gasteiger partial charge in [-0.15, -0.1) is 0 Å². The summed E-state index contributed by atoms with van der Waals surface area (Å²) >= 11 is 9.35. The number of esters is 1. The molecule has 1 N–H and O–H groups in total. The molecule has 4 aromatic rings. The van der Waals surface area contributed by atoms with Crippen LogP contribution in [0.25, 0.3) is 27.1 Å². The second-order valence-corrected chi connectivity index (χ2v) is 12.3. The number of rotatable bonds is 7. The summed E-state index contributed by atoms with van der Waals surface area (Å²) < 4.78 is 40.9. The van der Waals surface area contributed by atoms with Crippen LogP contribution in [-0.4, -0.2) is 37.8 Å². The highest BCUT2D eigenvalue weighted by Crippen LogP contribution is 2.47. The zero-order chi connectivity index (χ0) is 25.4. The van der Waals surface area contributed by atoms with Crippen LogP contribution in [0.3, 0.4) is 0 Å². The third-order valence-corrected chi connectivity index (χ3v) is 8.89. The Bertz CT molecular complexity index is 1630. The van der Waals surface area contributed by atoms with E-state index < -0.39 is 15.9 Å². The molecule has 1 aromatic heterocycles. The summed E-state index contributed by atoms with van der Waals surface area (Å²) in [5.74, 6) is -0.754. The van der Waals surface area contributed by atoms with E-state index in [-0.39, 0.29) is 19.1 Å². The first-order valence-electron chi connectivity index (χ1n) is 11.1. The van der Waals surface area contributed by atoms with Gasteiger partial charge in [0.2, 0.25) is 5.52 Å². The largest absolute Gasteiger partial charge is 0.459 e. The number of thioether (sulfide) groups is 1. The van der Waals surface area contributed by atoms with Crippen molar-refractivity contribution in [3.05, 3.63) is 69.7 Å². The predicted octanol–water partition coefficient (Wildman–Crippen LogP) is 5.36. The lowest BCUT2D eigenvalue weighted by atomic mass is 10.1. The minimum atomic E-state index is -4.16. The van der Waals surface area contributed by atoms with Crippen LogP contribution in [-0.2, 0) is 26.2 Å². The molecule has 1 aliphatic heterocycles. The van der Waals surface area contributed by atoms with E-state index in [2.05, 4.69) is 28.8 Å². The number of anilines is 1. The fraction of sp³-hybridized carbons (Fsp3) is 0.200. The van der Waals surface area contributed by atoms with Crippen LogP contribution in [0.4, 0.5) is 5.69 Å². The molecule has 0 spiro atoms. The van der Waals surface area contributed by atoms with Crippen LogP contribution in [0, 0.1) is 0 Å². The number of hydrogen-bond acceptors (Lipinski definition) is 7. The number of ether oxygens (including phenoxy) is 1. The van der Waals surface area contributed by atoms with Gasteiger partial charge in [-0.3, -0.25) is 9.35 Å². The lowest BCUT2D eigenvalue weighted by Gasteiger charge is -2.19. The standard InChI is InChI=1S/C25H21ClN2O5S3/c1-16(29)33-12-10-28-24(35-22-8-6-17-4-2-3-5-19(17)25(22)28)15-23-27(11-13-36(30,31)32)20-14-18(26)7-9-21(20)34-23/h2-9,14-15H,10-13H2,1H3/p+1. The maximum atomic E-state index is 11.5. The molecular formula is C25H22ClN2O5S3+. The maximum absolute atomic E-state index is 11.5. The van der Waals surface area contributed by atoms with Crippen LogP contribution < -0.4 is 9.47 Å². The number of thiazole rings is 1. The number of aromatic nitrogens is 1. The monoisotopic (exact) mass is 561 g/mol. The summed E-state index contributed by atoms with van der Waals surface area (Å²) in [4.78, 5) is 14.2. The highest BCUT2D eigenvalue weighted by Gasteiger charge is 2.29. The summed E-state index contributed by atoms with van der Waals surface area (Å²) in [6.45, 7) is 2.15. The molecule has 2 heterocycles. The molecular weight excluding hydrogens is 540 g/mol. The first-order chi connectivity index (χ1) is 17.2. The molecule has 0 atom stereocenters. The molecule has 11 heteroatoms. The number of carbonyl (C=O) groups excluding carboxylic acids is 1. The Labute approximate surface area is 221 Å². The van der Waals surface area contributed by atoms with Crippen molar-refractivity contribution >= 4 is 83.5 Å². The summed E-state index contributed by atoms with van der Waals surface area (Å²) in [7, 11) is -4.16. The molecule has 0 radical (unpaired) electrons. The van der Waals surface area contributed by atoms with Crippen molar-refractivity contribution in [3.8, 4) is 0 Å². The van der Waals surface area contributed by atoms with E-state index in [0.29, 0.717) is 11.6 Å². The van der Waals surface area contributed by atoms with Gasteiger partial charge >= 0.3 is 5.97 Å².